The van der Waals surface area contributed by atoms with Crippen molar-refractivity contribution >= 4 is 49.4 Å². The largest absolute Gasteiger partial charge is 0.455 e. The summed E-state index contributed by atoms with van der Waals surface area (Å²) >= 11 is 0. The highest BCUT2D eigenvalue weighted by atomic mass is 16.3. The van der Waals surface area contributed by atoms with Gasteiger partial charge in [-0.1, -0.05) is 50.1 Å². The number of fused-ring (bicyclic) bond motifs is 2. The molecule has 0 saturated carbocycles. The van der Waals surface area contributed by atoms with E-state index in [-0.39, 0.29) is 22.4 Å². The topological polar surface area (TPSA) is 91.4 Å². The number of nitrogens with two attached hydrogens (primary N) is 1. The Morgan fingerprint density at radius 2 is 1.57 bits per heavy atom. The number of aromatic nitrogens is 1. The zero-order chi connectivity index (χ0) is 28.4. The maximum atomic E-state index is 14.2. The molecule has 3 aromatic heterocycles. The van der Waals surface area contributed by atoms with Gasteiger partial charge in [-0.3, -0.25) is 14.2 Å². The van der Waals surface area contributed by atoms with Crippen LogP contribution in [0.25, 0.3) is 43.5 Å². The van der Waals surface area contributed by atoms with Gasteiger partial charge in [-0.2, -0.15) is 0 Å². The second kappa shape index (κ2) is 8.89. The summed E-state index contributed by atoms with van der Waals surface area (Å²) in [5, 5.41) is 4.01. The van der Waals surface area contributed by atoms with Crippen LogP contribution in [0.1, 0.15) is 51.9 Å². The number of nitrogens with zero attached hydrogens (tertiary/aromatic N) is 1. The van der Waals surface area contributed by atoms with Gasteiger partial charge < -0.3 is 14.6 Å². The van der Waals surface area contributed by atoms with E-state index >= 15 is 0 Å². The van der Waals surface area contributed by atoms with Crippen LogP contribution in [-0.2, 0) is 5.54 Å². The Hall–Kier alpha value is -4.76. The Bertz CT molecular complexity index is 2140. The molecule has 6 heteroatoms. The fraction of sp³-hybridized carbons (Fsp3) is 0.235. The molecule has 3 heterocycles. The van der Waals surface area contributed by atoms with Crippen molar-refractivity contribution in [1.29, 1.82) is 0 Å². The molecule has 6 nitrogen and oxygen atoms in total. The molecule has 0 radical (unpaired) electrons. The summed E-state index contributed by atoms with van der Waals surface area (Å²) in [7, 11) is 0. The number of hydrogen-bond donors (Lipinski definition) is 1. The molecular weight excluding hydrogens is 500 g/mol. The lowest BCUT2D eigenvalue weighted by molar-refractivity contribution is 0.263. The number of pyridine rings is 1. The van der Waals surface area contributed by atoms with Crippen LogP contribution < -0.4 is 16.9 Å². The van der Waals surface area contributed by atoms with Crippen LogP contribution in [0.3, 0.4) is 0 Å². The van der Waals surface area contributed by atoms with Crippen molar-refractivity contribution in [3.05, 3.63) is 99.3 Å². The van der Waals surface area contributed by atoms with Crippen LogP contribution in [-0.4, -0.2) is 4.57 Å². The van der Waals surface area contributed by atoms with Gasteiger partial charge in [-0.25, -0.2) is 0 Å². The van der Waals surface area contributed by atoms with Gasteiger partial charge in [-0.15, -0.1) is 6.58 Å². The summed E-state index contributed by atoms with van der Waals surface area (Å²) in [6, 6.07) is 16.6. The zero-order valence-corrected chi connectivity index (χ0v) is 23.1. The lowest BCUT2D eigenvalue weighted by Gasteiger charge is -2.31. The number of hydrogen-bond acceptors (Lipinski definition) is 5. The minimum atomic E-state index is -0.729. The fourth-order valence-electron chi connectivity index (χ4n) is 5.47. The molecule has 0 aliphatic carbocycles. The highest BCUT2D eigenvalue weighted by molar-refractivity contribution is 6.27. The summed E-state index contributed by atoms with van der Waals surface area (Å²) < 4.78 is 13.3. The van der Waals surface area contributed by atoms with Gasteiger partial charge >= 0.3 is 0 Å². The first kappa shape index (κ1) is 25.5. The normalized spacial score (nSPS) is 12.4. The van der Waals surface area contributed by atoms with E-state index in [1.54, 1.807) is 18.2 Å². The Morgan fingerprint density at radius 3 is 2.30 bits per heavy atom. The Balaban J connectivity index is 1.71. The SMILES string of the molecule is C=CC(C)(C)CCC(C)(C)n1c(=O)c2ccc3c4ccccc4oc4c(C#Cc5ccc(N)o5)cc(c1=O)c2c43. The number of anilines is 1. The maximum Gasteiger partial charge on any atom is 0.261 e. The molecule has 0 atom stereocenters. The minimum absolute atomic E-state index is 0.124. The number of rotatable bonds is 5. The highest BCUT2D eigenvalue weighted by Gasteiger charge is 2.30. The molecule has 0 spiro atoms. The number of allylic oxidation sites excluding steroid dienone is 1. The molecule has 0 aliphatic heterocycles. The average molecular weight is 531 g/mol. The van der Waals surface area contributed by atoms with Crippen LogP contribution in [0.4, 0.5) is 5.88 Å². The van der Waals surface area contributed by atoms with E-state index in [0.29, 0.717) is 50.5 Å². The summed E-state index contributed by atoms with van der Waals surface area (Å²) in [5.74, 6) is 6.81. The molecule has 0 bridgehead atoms. The van der Waals surface area contributed by atoms with Gasteiger partial charge in [-0.05, 0) is 67.7 Å². The highest BCUT2D eigenvalue weighted by Crippen LogP contribution is 2.39. The molecule has 6 aromatic rings. The van der Waals surface area contributed by atoms with Crippen molar-refractivity contribution in [2.24, 2.45) is 5.41 Å². The predicted molar refractivity (Wildman–Crippen MR) is 162 cm³/mol. The Labute approximate surface area is 231 Å². The van der Waals surface area contributed by atoms with Gasteiger partial charge in [0.2, 0.25) is 0 Å². The van der Waals surface area contributed by atoms with E-state index in [0.717, 1.165) is 17.2 Å². The third kappa shape index (κ3) is 3.97. The van der Waals surface area contributed by atoms with Crippen molar-refractivity contribution < 1.29 is 8.83 Å². The van der Waals surface area contributed by atoms with Gasteiger partial charge in [0.1, 0.15) is 5.58 Å². The van der Waals surface area contributed by atoms with Crippen LogP contribution in [0.15, 0.2) is 85.7 Å². The standard InChI is InChI=1S/C34H30N2O4/c1-6-33(2,3)17-18-34(4,5)36-31(37)24-15-14-23-22-9-7-8-10-26(22)40-30-20(11-12-21-13-16-27(35)39-21)19-25(32(36)38)28(24)29(23)30/h6-10,13-16,19H,1,17-18,35H2,2-5H3. The van der Waals surface area contributed by atoms with E-state index in [9.17, 15) is 9.59 Å². The fourth-order valence-corrected chi connectivity index (χ4v) is 5.47. The maximum absolute atomic E-state index is 14.2. The Morgan fingerprint density at radius 1 is 0.850 bits per heavy atom. The molecule has 0 fully saturated rings. The molecule has 3 aromatic carbocycles. The van der Waals surface area contributed by atoms with E-state index in [1.807, 2.05) is 56.3 Å². The molecule has 6 rings (SSSR count). The lowest BCUT2D eigenvalue weighted by Crippen LogP contribution is -2.45. The first-order valence-electron chi connectivity index (χ1n) is 13.3. The van der Waals surface area contributed by atoms with Crippen molar-refractivity contribution in [1.82, 2.24) is 4.57 Å². The third-order valence-corrected chi connectivity index (χ3v) is 7.98. The summed E-state index contributed by atoms with van der Waals surface area (Å²) in [6.07, 6.45) is 3.31. The Kier molecular flexibility index (Phi) is 5.67. The summed E-state index contributed by atoms with van der Waals surface area (Å²) in [5.41, 5.74) is 5.96. The second-order valence-electron chi connectivity index (χ2n) is 11.7. The molecule has 0 aliphatic rings. The minimum Gasteiger partial charge on any atom is -0.455 e. The number of furan rings is 1. The van der Waals surface area contributed by atoms with Gasteiger partial charge in [0.25, 0.3) is 11.1 Å². The molecule has 2 N–H and O–H groups in total. The van der Waals surface area contributed by atoms with E-state index in [2.05, 4.69) is 32.3 Å². The molecular formula is C34H30N2O4. The molecule has 0 saturated heterocycles. The van der Waals surface area contributed by atoms with Crippen molar-refractivity contribution in [3.8, 4) is 11.8 Å². The van der Waals surface area contributed by atoms with E-state index < -0.39 is 5.54 Å². The number of para-hydroxylation sites is 1. The van der Waals surface area contributed by atoms with E-state index in [4.69, 9.17) is 14.6 Å². The molecule has 0 unspecified atom stereocenters. The average Bonchev–Trinajstić information content (AvgIpc) is 3.35. The van der Waals surface area contributed by atoms with Crippen molar-refractivity contribution in [2.75, 3.05) is 5.73 Å². The van der Waals surface area contributed by atoms with Crippen LogP contribution >= 0.6 is 0 Å². The molecule has 40 heavy (non-hydrogen) atoms. The lowest BCUT2D eigenvalue weighted by atomic mass is 9.83. The van der Waals surface area contributed by atoms with Crippen molar-refractivity contribution in [3.63, 3.8) is 0 Å². The van der Waals surface area contributed by atoms with Gasteiger partial charge in [0.05, 0.1) is 10.9 Å². The third-order valence-electron chi connectivity index (χ3n) is 7.98. The second-order valence-corrected chi connectivity index (χ2v) is 11.7. The first-order chi connectivity index (χ1) is 19.0. The zero-order valence-electron chi connectivity index (χ0n) is 23.1. The smallest absolute Gasteiger partial charge is 0.261 e. The number of benzene rings is 3. The summed E-state index contributed by atoms with van der Waals surface area (Å²) in [4.78, 5) is 28.2. The quantitative estimate of drug-likeness (QED) is 0.111. The van der Waals surface area contributed by atoms with Crippen LogP contribution in [0, 0.1) is 17.3 Å². The predicted octanol–water partition coefficient (Wildman–Crippen LogP) is 7.15. The van der Waals surface area contributed by atoms with Crippen LogP contribution in [0.2, 0.25) is 0 Å². The van der Waals surface area contributed by atoms with Gasteiger partial charge in [0, 0.05) is 33.2 Å². The van der Waals surface area contributed by atoms with Crippen molar-refractivity contribution in [2.45, 2.75) is 46.1 Å². The molecule has 0 amide bonds. The van der Waals surface area contributed by atoms with Crippen LogP contribution in [0.5, 0.6) is 0 Å². The monoisotopic (exact) mass is 530 g/mol. The van der Waals surface area contributed by atoms with E-state index in [1.165, 1.54) is 4.57 Å². The first-order valence-corrected chi connectivity index (χ1v) is 13.3. The molecule has 200 valence electrons. The van der Waals surface area contributed by atoms with Gasteiger partial charge in [0.15, 0.2) is 17.2 Å². The summed E-state index contributed by atoms with van der Waals surface area (Å²) in [6.45, 7) is 12.0. The number of nitrogen functional groups attached to an aromatic ring is 1.